The maximum atomic E-state index is 13.0. The fraction of sp³-hybridized carbons (Fsp3) is 0.174. The van der Waals surface area contributed by atoms with E-state index in [1.54, 1.807) is 6.07 Å². The van der Waals surface area contributed by atoms with Gasteiger partial charge in [0.05, 0.1) is 5.56 Å². The van der Waals surface area contributed by atoms with Crippen LogP contribution in [0.1, 0.15) is 38.1 Å². The quantitative estimate of drug-likeness (QED) is 0.400. The van der Waals surface area contributed by atoms with Crippen LogP contribution in [0.15, 0.2) is 54.6 Å². The van der Waals surface area contributed by atoms with Gasteiger partial charge in [0.2, 0.25) is 0 Å². The van der Waals surface area contributed by atoms with Gasteiger partial charge in [-0.3, -0.25) is 9.59 Å². The smallest absolute Gasteiger partial charge is 0.482 e. The van der Waals surface area contributed by atoms with Crippen molar-refractivity contribution in [3.8, 4) is 11.5 Å². The van der Waals surface area contributed by atoms with Gasteiger partial charge in [0.15, 0.2) is 12.4 Å². The fourth-order valence-corrected chi connectivity index (χ4v) is 3.85. The molecule has 0 aliphatic heterocycles. The number of ether oxygens (including phenoxy) is 2. The van der Waals surface area contributed by atoms with Gasteiger partial charge in [0.1, 0.15) is 16.5 Å². The van der Waals surface area contributed by atoms with Crippen LogP contribution in [-0.2, 0) is 11.2 Å². The van der Waals surface area contributed by atoms with Gasteiger partial charge >= 0.3 is 12.3 Å². The zero-order valence-electron chi connectivity index (χ0n) is 17.6. The standard InChI is InChI=1S/C23H18F3NO6S/c1-2-17-11-18(20(30)13-3-9-16(10-4-13)33-23(24,25)26)22(34-17)27-21(31)14-5-7-15(8-6-14)32-12-19(28)29/h3-11H,2,12H2,1H3,(H,27,31)(H,28,29). The van der Waals surface area contributed by atoms with Crippen LogP contribution in [0, 0.1) is 0 Å². The van der Waals surface area contributed by atoms with Crippen molar-refractivity contribution in [3.05, 3.63) is 76.2 Å². The van der Waals surface area contributed by atoms with Gasteiger partial charge in [-0.2, -0.15) is 0 Å². The van der Waals surface area contributed by atoms with Gasteiger partial charge < -0.3 is 19.9 Å². The van der Waals surface area contributed by atoms with Gasteiger partial charge in [-0.25, -0.2) is 4.79 Å². The molecule has 2 N–H and O–H groups in total. The number of hydrogen-bond donors (Lipinski definition) is 2. The van der Waals surface area contributed by atoms with E-state index in [-0.39, 0.29) is 22.4 Å². The predicted octanol–water partition coefficient (Wildman–Crippen LogP) is 5.16. The van der Waals surface area contributed by atoms with Crippen LogP contribution in [0.2, 0.25) is 0 Å². The van der Waals surface area contributed by atoms with E-state index in [1.807, 2.05) is 6.92 Å². The number of alkyl halides is 3. The van der Waals surface area contributed by atoms with E-state index in [2.05, 4.69) is 10.1 Å². The van der Waals surface area contributed by atoms with Gasteiger partial charge in [-0.15, -0.1) is 24.5 Å². The number of hydrogen-bond acceptors (Lipinski definition) is 6. The molecule has 178 valence electrons. The highest BCUT2D eigenvalue weighted by atomic mass is 32.1. The van der Waals surface area contributed by atoms with Crippen molar-refractivity contribution in [3.63, 3.8) is 0 Å². The Balaban J connectivity index is 1.77. The zero-order chi connectivity index (χ0) is 24.9. The molecule has 0 fully saturated rings. The predicted molar refractivity (Wildman–Crippen MR) is 118 cm³/mol. The van der Waals surface area contributed by atoms with Crippen LogP contribution in [0.5, 0.6) is 11.5 Å². The lowest BCUT2D eigenvalue weighted by Crippen LogP contribution is -2.17. The maximum absolute atomic E-state index is 13.0. The first kappa shape index (κ1) is 24.8. The summed E-state index contributed by atoms with van der Waals surface area (Å²) in [7, 11) is 0. The molecule has 0 spiro atoms. The number of halogens is 3. The molecular formula is C23H18F3NO6S. The number of nitrogens with one attached hydrogen (secondary N) is 1. The minimum atomic E-state index is -4.84. The summed E-state index contributed by atoms with van der Waals surface area (Å²) in [5.41, 5.74) is 0.590. The average Bonchev–Trinajstić information content (AvgIpc) is 3.19. The molecule has 0 radical (unpaired) electrons. The Morgan fingerprint density at radius 3 is 2.12 bits per heavy atom. The van der Waals surface area contributed by atoms with Crippen molar-refractivity contribution in [1.29, 1.82) is 0 Å². The third-order valence-electron chi connectivity index (χ3n) is 4.43. The number of aliphatic carboxylic acids is 1. The summed E-state index contributed by atoms with van der Waals surface area (Å²) in [6.07, 6.45) is -4.23. The highest BCUT2D eigenvalue weighted by Gasteiger charge is 2.31. The van der Waals surface area contributed by atoms with E-state index >= 15 is 0 Å². The molecule has 0 saturated heterocycles. The van der Waals surface area contributed by atoms with Crippen LogP contribution in [0.25, 0.3) is 0 Å². The molecular weight excluding hydrogens is 475 g/mol. The Morgan fingerprint density at radius 1 is 0.971 bits per heavy atom. The van der Waals surface area contributed by atoms with E-state index in [0.717, 1.165) is 17.0 Å². The third kappa shape index (κ3) is 6.58. The number of anilines is 1. The van der Waals surface area contributed by atoms with Crippen molar-refractivity contribution >= 4 is 34.0 Å². The molecule has 0 aliphatic carbocycles. The Hall–Kier alpha value is -3.86. The average molecular weight is 493 g/mol. The number of ketones is 1. The molecule has 0 saturated carbocycles. The first-order chi connectivity index (χ1) is 16.1. The summed E-state index contributed by atoms with van der Waals surface area (Å²) < 4.78 is 45.9. The fourth-order valence-electron chi connectivity index (χ4n) is 2.86. The summed E-state index contributed by atoms with van der Waals surface area (Å²) in [6.45, 7) is 1.36. The van der Waals surface area contributed by atoms with Crippen molar-refractivity contribution in [1.82, 2.24) is 0 Å². The maximum Gasteiger partial charge on any atom is 0.573 e. The molecule has 1 aromatic heterocycles. The van der Waals surface area contributed by atoms with Gasteiger partial charge in [0.25, 0.3) is 5.91 Å². The molecule has 2 aromatic carbocycles. The van der Waals surface area contributed by atoms with Crippen LogP contribution in [0.4, 0.5) is 18.2 Å². The van der Waals surface area contributed by atoms with Crippen LogP contribution in [-0.4, -0.2) is 35.7 Å². The Labute approximate surface area is 195 Å². The normalized spacial score (nSPS) is 11.1. The third-order valence-corrected chi connectivity index (χ3v) is 5.63. The number of rotatable bonds is 9. The monoisotopic (exact) mass is 493 g/mol. The number of carbonyl (C=O) groups excluding carboxylic acids is 2. The van der Waals surface area contributed by atoms with Gasteiger partial charge in [-0.05, 0) is 61.0 Å². The summed E-state index contributed by atoms with van der Waals surface area (Å²) in [5, 5.41) is 11.6. The zero-order valence-corrected chi connectivity index (χ0v) is 18.5. The first-order valence-electron chi connectivity index (χ1n) is 9.85. The number of aryl methyl sites for hydroxylation is 1. The highest BCUT2D eigenvalue weighted by molar-refractivity contribution is 7.16. The number of carboxylic acid groups (broad SMARTS) is 1. The van der Waals surface area contributed by atoms with E-state index in [9.17, 15) is 27.6 Å². The molecule has 0 unspecified atom stereocenters. The molecule has 34 heavy (non-hydrogen) atoms. The number of thiophene rings is 1. The number of carboxylic acids is 1. The molecule has 0 atom stereocenters. The first-order valence-corrected chi connectivity index (χ1v) is 10.7. The summed E-state index contributed by atoms with van der Waals surface area (Å²) in [4.78, 5) is 37.1. The molecule has 3 aromatic rings. The lowest BCUT2D eigenvalue weighted by atomic mass is 10.0. The summed E-state index contributed by atoms with van der Waals surface area (Å²) in [5.74, 6) is -2.28. The number of carbonyl (C=O) groups is 3. The lowest BCUT2D eigenvalue weighted by Gasteiger charge is -2.09. The highest BCUT2D eigenvalue weighted by Crippen LogP contribution is 2.32. The summed E-state index contributed by atoms with van der Waals surface area (Å²) >= 11 is 1.21. The molecule has 0 bridgehead atoms. The topological polar surface area (TPSA) is 102 Å². The largest absolute Gasteiger partial charge is 0.573 e. The lowest BCUT2D eigenvalue weighted by molar-refractivity contribution is -0.274. The minimum absolute atomic E-state index is 0.130. The van der Waals surface area contributed by atoms with Crippen molar-refractivity contribution in [2.24, 2.45) is 0 Å². The second kappa shape index (κ2) is 10.4. The van der Waals surface area contributed by atoms with Gasteiger partial charge in [0, 0.05) is 16.0 Å². The summed E-state index contributed by atoms with van der Waals surface area (Å²) in [6, 6.07) is 11.9. The van der Waals surface area contributed by atoms with Crippen LogP contribution < -0.4 is 14.8 Å². The van der Waals surface area contributed by atoms with Gasteiger partial charge in [-0.1, -0.05) is 6.92 Å². The SMILES string of the molecule is CCc1cc(C(=O)c2ccc(OC(F)(F)F)cc2)c(NC(=O)c2ccc(OCC(=O)O)cc2)s1. The molecule has 0 aliphatic rings. The van der Waals surface area contributed by atoms with Crippen molar-refractivity contribution in [2.75, 3.05) is 11.9 Å². The molecule has 1 amide bonds. The van der Waals surface area contributed by atoms with Crippen LogP contribution in [0.3, 0.4) is 0 Å². The van der Waals surface area contributed by atoms with Crippen molar-refractivity contribution in [2.45, 2.75) is 19.7 Å². The molecule has 7 nitrogen and oxygen atoms in total. The van der Waals surface area contributed by atoms with E-state index in [4.69, 9.17) is 9.84 Å². The Kier molecular flexibility index (Phi) is 7.57. The minimum Gasteiger partial charge on any atom is -0.482 e. The Bertz CT molecular complexity index is 1190. The molecule has 11 heteroatoms. The Morgan fingerprint density at radius 2 is 1.56 bits per heavy atom. The van der Waals surface area contributed by atoms with E-state index in [0.29, 0.717) is 11.4 Å². The molecule has 1 heterocycles. The second-order valence-electron chi connectivity index (χ2n) is 6.87. The van der Waals surface area contributed by atoms with E-state index in [1.165, 1.54) is 47.7 Å². The van der Waals surface area contributed by atoms with Crippen molar-refractivity contribution < 1.29 is 42.1 Å². The molecule has 3 rings (SSSR count). The van der Waals surface area contributed by atoms with E-state index < -0.39 is 36.4 Å². The second-order valence-corrected chi connectivity index (χ2v) is 8.01. The number of amides is 1. The van der Waals surface area contributed by atoms with Crippen LogP contribution >= 0.6 is 11.3 Å². The number of benzene rings is 2.